The lowest BCUT2D eigenvalue weighted by Gasteiger charge is -2.21. The van der Waals surface area contributed by atoms with Crippen molar-refractivity contribution in [2.45, 2.75) is 6.04 Å². The predicted molar refractivity (Wildman–Crippen MR) is 74.9 cm³/mol. The van der Waals surface area contributed by atoms with Gasteiger partial charge in [0.05, 0.1) is 11.1 Å². The summed E-state index contributed by atoms with van der Waals surface area (Å²) in [5.74, 6) is 0.867. The SMILES string of the molecule is NC(c1ccc2c(c1)OCCO2)c1cccc(F)c1Cl. The molecule has 2 aromatic carbocycles. The predicted octanol–water partition coefficient (Wildman–Crippen LogP) is 3.30. The lowest BCUT2D eigenvalue weighted by atomic mass is 9.99. The van der Waals surface area contributed by atoms with E-state index < -0.39 is 11.9 Å². The third-order valence-corrected chi connectivity index (χ3v) is 3.64. The Labute approximate surface area is 121 Å². The van der Waals surface area contributed by atoms with Gasteiger partial charge in [0.1, 0.15) is 19.0 Å². The van der Waals surface area contributed by atoms with Gasteiger partial charge in [-0.3, -0.25) is 0 Å². The second kappa shape index (κ2) is 5.31. The average molecular weight is 294 g/mol. The van der Waals surface area contributed by atoms with E-state index in [0.717, 1.165) is 5.56 Å². The molecule has 0 amide bonds. The molecule has 0 spiro atoms. The summed E-state index contributed by atoms with van der Waals surface area (Å²) in [5.41, 5.74) is 7.51. The molecule has 0 aromatic heterocycles. The van der Waals surface area contributed by atoms with Crippen LogP contribution >= 0.6 is 11.6 Å². The normalized spacial score (nSPS) is 14.9. The van der Waals surface area contributed by atoms with E-state index in [9.17, 15) is 4.39 Å². The van der Waals surface area contributed by atoms with Crippen LogP contribution in [0.5, 0.6) is 11.5 Å². The summed E-state index contributed by atoms with van der Waals surface area (Å²) in [7, 11) is 0. The molecule has 0 aliphatic carbocycles. The van der Waals surface area contributed by atoms with E-state index in [0.29, 0.717) is 30.3 Å². The number of hydrogen-bond donors (Lipinski definition) is 1. The van der Waals surface area contributed by atoms with Crippen molar-refractivity contribution in [2.75, 3.05) is 13.2 Å². The second-order valence-electron chi connectivity index (χ2n) is 4.52. The van der Waals surface area contributed by atoms with Gasteiger partial charge in [-0.1, -0.05) is 29.8 Å². The van der Waals surface area contributed by atoms with Crippen molar-refractivity contribution in [3.8, 4) is 11.5 Å². The number of halogens is 2. The summed E-state index contributed by atoms with van der Waals surface area (Å²) in [4.78, 5) is 0. The first-order valence-electron chi connectivity index (χ1n) is 6.26. The minimum absolute atomic E-state index is 0.0508. The Balaban J connectivity index is 1.98. The van der Waals surface area contributed by atoms with Crippen LogP contribution in [0.1, 0.15) is 17.2 Å². The molecule has 0 fully saturated rings. The summed E-state index contributed by atoms with van der Waals surface area (Å²) < 4.78 is 24.5. The van der Waals surface area contributed by atoms with Crippen molar-refractivity contribution in [3.05, 3.63) is 58.4 Å². The summed E-state index contributed by atoms with van der Waals surface area (Å²) in [6, 6.07) is 9.54. The van der Waals surface area contributed by atoms with Crippen LogP contribution in [0, 0.1) is 5.82 Å². The van der Waals surface area contributed by atoms with Crippen molar-refractivity contribution in [3.63, 3.8) is 0 Å². The minimum atomic E-state index is -0.519. The van der Waals surface area contributed by atoms with E-state index >= 15 is 0 Å². The molecule has 0 saturated heterocycles. The van der Waals surface area contributed by atoms with Crippen LogP contribution in [0.3, 0.4) is 0 Å². The van der Waals surface area contributed by atoms with Crippen molar-refractivity contribution >= 4 is 11.6 Å². The van der Waals surface area contributed by atoms with Gasteiger partial charge in [0.15, 0.2) is 11.5 Å². The first-order chi connectivity index (χ1) is 9.66. The summed E-state index contributed by atoms with van der Waals surface area (Å²) in [6.07, 6.45) is 0. The van der Waals surface area contributed by atoms with Gasteiger partial charge in [-0.15, -0.1) is 0 Å². The maximum atomic E-state index is 13.5. The quantitative estimate of drug-likeness (QED) is 0.924. The molecule has 1 aliphatic rings. The third-order valence-electron chi connectivity index (χ3n) is 3.24. The maximum Gasteiger partial charge on any atom is 0.161 e. The smallest absolute Gasteiger partial charge is 0.161 e. The van der Waals surface area contributed by atoms with E-state index in [1.807, 2.05) is 6.07 Å². The van der Waals surface area contributed by atoms with Gasteiger partial charge in [-0.25, -0.2) is 4.39 Å². The molecular weight excluding hydrogens is 281 g/mol. The molecular formula is C15H13ClFNO2. The lowest BCUT2D eigenvalue weighted by molar-refractivity contribution is 0.171. The summed E-state index contributed by atoms with van der Waals surface area (Å²) in [5, 5.41) is 0.0508. The maximum absolute atomic E-state index is 13.5. The fraction of sp³-hybridized carbons (Fsp3) is 0.200. The van der Waals surface area contributed by atoms with E-state index in [4.69, 9.17) is 26.8 Å². The Morgan fingerprint density at radius 3 is 2.65 bits per heavy atom. The van der Waals surface area contributed by atoms with Crippen LogP contribution < -0.4 is 15.2 Å². The first kappa shape index (κ1) is 13.2. The Morgan fingerprint density at radius 2 is 1.85 bits per heavy atom. The average Bonchev–Trinajstić information content (AvgIpc) is 2.49. The highest BCUT2D eigenvalue weighted by atomic mass is 35.5. The third kappa shape index (κ3) is 2.32. The number of nitrogens with two attached hydrogens (primary N) is 1. The minimum Gasteiger partial charge on any atom is -0.486 e. The van der Waals surface area contributed by atoms with Crippen molar-refractivity contribution in [2.24, 2.45) is 5.73 Å². The Bertz CT molecular complexity index is 648. The number of rotatable bonds is 2. The van der Waals surface area contributed by atoms with Crippen LogP contribution in [0.25, 0.3) is 0 Å². The first-order valence-corrected chi connectivity index (χ1v) is 6.63. The number of ether oxygens (including phenoxy) is 2. The molecule has 20 heavy (non-hydrogen) atoms. The molecule has 5 heteroatoms. The molecule has 1 aliphatic heterocycles. The molecule has 0 radical (unpaired) electrons. The van der Waals surface area contributed by atoms with Crippen LogP contribution in [0.15, 0.2) is 36.4 Å². The molecule has 1 heterocycles. The van der Waals surface area contributed by atoms with E-state index in [2.05, 4.69) is 0 Å². The zero-order valence-electron chi connectivity index (χ0n) is 10.6. The van der Waals surface area contributed by atoms with E-state index in [1.54, 1.807) is 24.3 Å². The van der Waals surface area contributed by atoms with Crippen molar-refractivity contribution < 1.29 is 13.9 Å². The van der Waals surface area contributed by atoms with Gasteiger partial charge in [0, 0.05) is 0 Å². The van der Waals surface area contributed by atoms with E-state index in [-0.39, 0.29) is 5.02 Å². The summed E-state index contributed by atoms with van der Waals surface area (Å²) in [6.45, 7) is 1.04. The van der Waals surface area contributed by atoms with Crippen LogP contribution in [-0.2, 0) is 0 Å². The highest BCUT2D eigenvalue weighted by Gasteiger charge is 2.18. The van der Waals surface area contributed by atoms with Crippen LogP contribution in [0.4, 0.5) is 4.39 Å². The van der Waals surface area contributed by atoms with Gasteiger partial charge >= 0.3 is 0 Å². The van der Waals surface area contributed by atoms with Gasteiger partial charge in [0.2, 0.25) is 0 Å². The molecule has 3 nitrogen and oxygen atoms in total. The highest BCUT2D eigenvalue weighted by Crippen LogP contribution is 2.35. The monoisotopic (exact) mass is 293 g/mol. The molecule has 104 valence electrons. The van der Waals surface area contributed by atoms with Gasteiger partial charge < -0.3 is 15.2 Å². The number of fused-ring (bicyclic) bond motifs is 1. The number of hydrogen-bond acceptors (Lipinski definition) is 3. The second-order valence-corrected chi connectivity index (χ2v) is 4.90. The molecule has 2 N–H and O–H groups in total. The molecule has 3 rings (SSSR count). The molecule has 0 bridgehead atoms. The largest absolute Gasteiger partial charge is 0.486 e. The Hall–Kier alpha value is -1.78. The summed E-state index contributed by atoms with van der Waals surface area (Å²) >= 11 is 5.97. The topological polar surface area (TPSA) is 44.5 Å². The van der Waals surface area contributed by atoms with Crippen molar-refractivity contribution in [1.29, 1.82) is 0 Å². The van der Waals surface area contributed by atoms with Gasteiger partial charge in [-0.05, 0) is 29.3 Å². The Kier molecular flexibility index (Phi) is 3.51. The van der Waals surface area contributed by atoms with Crippen molar-refractivity contribution in [1.82, 2.24) is 0 Å². The zero-order valence-corrected chi connectivity index (χ0v) is 11.4. The van der Waals surface area contributed by atoms with Crippen LogP contribution in [0.2, 0.25) is 5.02 Å². The molecule has 2 aromatic rings. The molecule has 0 saturated carbocycles. The molecule has 1 unspecified atom stereocenters. The van der Waals surface area contributed by atoms with Gasteiger partial charge in [-0.2, -0.15) is 0 Å². The Morgan fingerprint density at radius 1 is 1.10 bits per heavy atom. The lowest BCUT2D eigenvalue weighted by Crippen LogP contribution is -2.17. The fourth-order valence-corrected chi connectivity index (χ4v) is 2.44. The fourth-order valence-electron chi connectivity index (χ4n) is 2.19. The van der Waals surface area contributed by atoms with E-state index in [1.165, 1.54) is 6.07 Å². The van der Waals surface area contributed by atoms with Crippen LogP contribution in [-0.4, -0.2) is 13.2 Å². The standard InChI is InChI=1S/C15H13ClFNO2/c16-14-10(2-1-3-11(14)17)15(18)9-4-5-12-13(8-9)20-7-6-19-12/h1-5,8,15H,6-7,18H2. The highest BCUT2D eigenvalue weighted by molar-refractivity contribution is 6.31. The molecule has 1 atom stereocenters. The zero-order chi connectivity index (χ0) is 14.1. The van der Waals surface area contributed by atoms with Gasteiger partial charge in [0.25, 0.3) is 0 Å². The number of benzene rings is 2.